The zero-order valence-electron chi connectivity index (χ0n) is 13.3. The second-order valence-electron chi connectivity index (χ2n) is 6.14. The molecule has 1 fully saturated rings. The number of fused-ring (bicyclic) bond motifs is 1. The minimum absolute atomic E-state index is 0.0826. The Morgan fingerprint density at radius 1 is 1.33 bits per heavy atom. The normalized spacial score (nSPS) is 17.6. The molecule has 0 radical (unpaired) electrons. The first kappa shape index (κ1) is 15.3. The number of halogens is 1. The molecule has 5 nitrogen and oxygen atoms in total. The van der Waals surface area contributed by atoms with Crippen LogP contribution in [-0.2, 0) is 7.05 Å². The van der Waals surface area contributed by atoms with Crippen molar-refractivity contribution >= 4 is 32.9 Å². The van der Waals surface area contributed by atoms with Crippen molar-refractivity contribution in [3.8, 4) is 0 Å². The predicted molar refractivity (Wildman–Crippen MR) is 95.9 cm³/mol. The van der Waals surface area contributed by atoms with E-state index < -0.39 is 0 Å². The molecule has 1 aliphatic rings. The van der Waals surface area contributed by atoms with Crippen molar-refractivity contribution in [3.63, 3.8) is 0 Å². The number of hydrogen-bond donors (Lipinski definition) is 0. The van der Waals surface area contributed by atoms with Crippen LogP contribution in [0.5, 0.6) is 0 Å². The highest BCUT2D eigenvalue weighted by Gasteiger charge is 2.30. The molecule has 1 unspecified atom stereocenters. The van der Waals surface area contributed by atoms with Gasteiger partial charge in [-0.25, -0.2) is 4.98 Å². The highest BCUT2D eigenvalue weighted by Crippen LogP contribution is 2.29. The zero-order valence-corrected chi connectivity index (χ0v) is 14.9. The summed E-state index contributed by atoms with van der Waals surface area (Å²) in [6, 6.07) is 9.48. The molecule has 24 heavy (non-hydrogen) atoms. The highest BCUT2D eigenvalue weighted by atomic mass is 79.9. The third kappa shape index (κ3) is 2.60. The molecular weight excluding hydrogens is 368 g/mol. The first-order valence-corrected chi connectivity index (χ1v) is 8.74. The summed E-state index contributed by atoms with van der Waals surface area (Å²) in [6.45, 7) is 1.47. The zero-order chi connectivity index (χ0) is 16.7. The Hall–Kier alpha value is -2.21. The van der Waals surface area contributed by atoms with Crippen molar-refractivity contribution in [3.05, 3.63) is 58.6 Å². The summed E-state index contributed by atoms with van der Waals surface area (Å²) >= 11 is 3.43. The maximum atomic E-state index is 12.7. The van der Waals surface area contributed by atoms with E-state index in [1.807, 2.05) is 48.5 Å². The van der Waals surface area contributed by atoms with E-state index in [4.69, 9.17) is 4.98 Å². The van der Waals surface area contributed by atoms with E-state index in [0.717, 1.165) is 39.9 Å². The van der Waals surface area contributed by atoms with Crippen molar-refractivity contribution in [1.82, 2.24) is 19.4 Å². The number of aromatic nitrogens is 3. The van der Waals surface area contributed by atoms with Crippen LogP contribution in [-0.4, -0.2) is 38.4 Å². The van der Waals surface area contributed by atoms with Gasteiger partial charge in [0.25, 0.3) is 5.91 Å². The van der Waals surface area contributed by atoms with Crippen LogP contribution in [0.3, 0.4) is 0 Å². The van der Waals surface area contributed by atoms with Gasteiger partial charge in [0.15, 0.2) is 0 Å². The van der Waals surface area contributed by atoms with E-state index >= 15 is 0 Å². The lowest BCUT2D eigenvalue weighted by Crippen LogP contribution is -2.28. The summed E-state index contributed by atoms with van der Waals surface area (Å²) in [5.41, 5.74) is 2.71. The molecule has 1 amide bonds. The predicted octanol–water partition coefficient (Wildman–Crippen LogP) is 3.36. The maximum absolute atomic E-state index is 12.7. The molecule has 6 heteroatoms. The quantitative estimate of drug-likeness (QED) is 0.680. The average molecular weight is 385 g/mol. The van der Waals surface area contributed by atoms with E-state index in [1.54, 1.807) is 6.20 Å². The highest BCUT2D eigenvalue weighted by molar-refractivity contribution is 9.10. The Morgan fingerprint density at radius 2 is 2.21 bits per heavy atom. The van der Waals surface area contributed by atoms with Crippen LogP contribution in [0.1, 0.15) is 28.5 Å². The number of carbonyl (C=O) groups excluding carboxylic acids is 1. The topological polar surface area (TPSA) is 51.0 Å². The van der Waals surface area contributed by atoms with E-state index in [1.165, 1.54) is 0 Å². The molecule has 4 rings (SSSR count). The Morgan fingerprint density at radius 3 is 3.00 bits per heavy atom. The van der Waals surface area contributed by atoms with Gasteiger partial charge in [-0.05, 0) is 30.7 Å². The molecule has 0 aliphatic carbocycles. The molecule has 2 aromatic heterocycles. The van der Waals surface area contributed by atoms with Crippen molar-refractivity contribution in [2.24, 2.45) is 7.05 Å². The van der Waals surface area contributed by atoms with E-state index in [-0.39, 0.29) is 11.8 Å². The monoisotopic (exact) mass is 384 g/mol. The molecule has 0 saturated carbocycles. The number of amides is 1. The van der Waals surface area contributed by atoms with Crippen molar-refractivity contribution in [2.45, 2.75) is 12.3 Å². The lowest BCUT2D eigenvalue weighted by atomic mass is 10.1. The molecule has 1 aromatic carbocycles. The third-order valence-corrected chi connectivity index (χ3v) is 5.12. The summed E-state index contributed by atoms with van der Waals surface area (Å²) in [6.07, 6.45) is 4.53. The first-order chi connectivity index (χ1) is 11.6. The van der Waals surface area contributed by atoms with Gasteiger partial charge < -0.3 is 9.47 Å². The first-order valence-electron chi connectivity index (χ1n) is 7.94. The van der Waals surface area contributed by atoms with Gasteiger partial charge >= 0.3 is 0 Å². The third-order valence-electron chi connectivity index (χ3n) is 4.63. The molecule has 1 saturated heterocycles. The maximum Gasteiger partial charge on any atom is 0.253 e. The fourth-order valence-corrected chi connectivity index (χ4v) is 3.78. The standard InChI is InChI=1S/C18H17BrN4O/c1-22-16-10-20-7-5-15(16)21-17(22)13-6-8-23(11-13)18(24)12-3-2-4-14(19)9-12/h2-5,7,9-10,13H,6,8,11H2,1H3. The van der Waals surface area contributed by atoms with Crippen LogP contribution in [0.25, 0.3) is 11.0 Å². The van der Waals surface area contributed by atoms with Crippen molar-refractivity contribution in [1.29, 1.82) is 0 Å². The van der Waals surface area contributed by atoms with Crippen LogP contribution in [0, 0.1) is 0 Å². The summed E-state index contributed by atoms with van der Waals surface area (Å²) in [4.78, 5) is 23.5. The van der Waals surface area contributed by atoms with Gasteiger partial charge in [-0.1, -0.05) is 22.0 Å². The summed E-state index contributed by atoms with van der Waals surface area (Å²) in [5.74, 6) is 1.38. The van der Waals surface area contributed by atoms with E-state index in [0.29, 0.717) is 6.54 Å². The SMILES string of the molecule is Cn1c(C2CCN(C(=O)c3cccc(Br)c3)C2)nc2ccncc21. The molecule has 122 valence electrons. The van der Waals surface area contributed by atoms with E-state index in [2.05, 4.69) is 25.5 Å². The number of rotatable bonds is 2. The fraction of sp³-hybridized carbons (Fsp3) is 0.278. The number of aryl methyl sites for hydroxylation is 1. The molecule has 0 N–H and O–H groups in total. The molecule has 0 spiro atoms. The van der Waals surface area contributed by atoms with Crippen LogP contribution in [0.2, 0.25) is 0 Å². The molecular formula is C18H17BrN4O. The van der Waals surface area contributed by atoms with Gasteiger partial charge in [-0.15, -0.1) is 0 Å². The Labute approximate surface area is 148 Å². The van der Waals surface area contributed by atoms with Crippen LogP contribution < -0.4 is 0 Å². The summed E-state index contributed by atoms with van der Waals surface area (Å²) < 4.78 is 3.02. The largest absolute Gasteiger partial charge is 0.338 e. The molecule has 3 heterocycles. The van der Waals surface area contributed by atoms with Gasteiger partial charge in [0.1, 0.15) is 5.82 Å². The smallest absolute Gasteiger partial charge is 0.253 e. The van der Waals surface area contributed by atoms with Gasteiger partial charge in [0.05, 0.1) is 17.2 Å². The second kappa shape index (κ2) is 6.02. The van der Waals surface area contributed by atoms with Crippen molar-refractivity contribution in [2.75, 3.05) is 13.1 Å². The average Bonchev–Trinajstić information content (AvgIpc) is 3.20. The van der Waals surface area contributed by atoms with Crippen LogP contribution in [0.4, 0.5) is 0 Å². The number of carbonyl (C=O) groups is 1. The van der Waals surface area contributed by atoms with Gasteiger partial charge in [-0.2, -0.15) is 0 Å². The molecule has 0 bridgehead atoms. The summed E-state index contributed by atoms with van der Waals surface area (Å²) in [7, 11) is 2.02. The lowest BCUT2D eigenvalue weighted by molar-refractivity contribution is 0.0790. The second-order valence-corrected chi connectivity index (χ2v) is 7.06. The van der Waals surface area contributed by atoms with Gasteiger partial charge in [0, 0.05) is 42.3 Å². The molecule has 1 atom stereocenters. The number of imidazole rings is 1. The number of hydrogen-bond acceptors (Lipinski definition) is 3. The minimum atomic E-state index is 0.0826. The van der Waals surface area contributed by atoms with Crippen molar-refractivity contribution < 1.29 is 4.79 Å². The van der Waals surface area contributed by atoms with Gasteiger partial charge in [0.2, 0.25) is 0 Å². The van der Waals surface area contributed by atoms with E-state index in [9.17, 15) is 4.79 Å². The lowest BCUT2D eigenvalue weighted by Gasteiger charge is -2.16. The number of benzene rings is 1. The number of pyridine rings is 1. The molecule has 3 aromatic rings. The minimum Gasteiger partial charge on any atom is -0.338 e. The summed E-state index contributed by atoms with van der Waals surface area (Å²) in [5, 5.41) is 0. The Bertz CT molecular complexity index is 920. The Kier molecular flexibility index (Phi) is 3.84. The number of nitrogens with zero attached hydrogens (tertiary/aromatic N) is 4. The van der Waals surface area contributed by atoms with Crippen LogP contribution >= 0.6 is 15.9 Å². The van der Waals surface area contributed by atoms with Gasteiger partial charge in [-0.3, -0.25) is 9.78 Å². The van der Waals surface area contributed by atoms with Crippen LogP contribution in [0.15, 0.2) is 47.2 Å². The molecule has 1 aliphatic heterocycles. The Balaban J connectivity index is 1.57. The fourth-order valence-electron chi connectivity index (χ4n) is 3.38. The number of likely N-dealkylation sites (tertiary alicyclic amines) is 1.